The van der Waals surface area contributed by atoms with Crippen molar-refractivity contribution in [2.75, 3.05) is 89.5 Å². The van der Waals surface area contributed by atoms with E-state index in [0.717, 1.165) is 114 Å². The van der Waals surface area contributed by atoms with E-state index in [-0.39, 0.29) is 17.4 Å². The molecule has 2 aliphatic rings. The van der Waals surface area contributed by atoms with Crippen LogP contribution in [0.5, 0.6) is 11.5 Å². The summed E-state index contributed by atoms with van der Waals surface area (Å²) in [6.45, 7) is 8.90. The molecule has 0 N–H and O–H groups in total. The smallest absolute Gasteiger partial charge is 0.165 e. The molecule has 2 aromatic heterocycles. The molecule has 0 radical (unpaired) electrons. The minimum atomic E-state index is -0.299. The Hall–Kier alpha value is -4.52. The number of hydrogen-bond donors (Lipinski definition) is 0. The van der Waals surface area contributed by atoms with Crippen LogP contribution in [-0.4, -0.2) is 101 Å². The minimum absolute atomic E-state index is 0.0870. The standard InChI is InChI=1S/C22H23ClN2O2S.C22H23FN2O2S/c2*1-27-21-5-3-2-4-19(21)25-12-10-24(11-13-25)9-8-20(26)18-15-28-22-7-6-16(23)14-17(18)22/h2*2-7,14-15H,8-13H2,1H3. The van der Waals surface area contributed by atoms with E-state index < -0.39 is 0 Å². The third-order valence-electron chi connectivity index (χ3n) is 10.6. The maximum atomic E-state index is 13.5. The number of Topliss-reactive ketones (excluding diaryl/α,β-unsaturated/α-hetero) is 2. The van der Waals surface area contributed by atoms with E-state index in [1.54, 1.807) is 31.6 Å². The number of nitrogens with zero attached hydrogens (tertiary/aromatic N) is 4. The first kappa shape index (κ1) is 39.7. The van der Waals surface area contributed by atoms with Gasteiger partial charge in [-0.05, 0) is 60.7 Å². The molecule has 12 heteroatoms. The summed E-state index contributed by atoms with van der Waals surface area (Å²) in [6.07, 6.45) is 0.990. The van der Waals surface area contributed by atoms with Gasteiger partial charge in [-0.2, -0.15) is 0 Å². The van der Waals surface area contributed by atoms with Crippen LogP contribution in [0.25, 0.3) is 20.2 Å². The Morgan fingerprint density at radius 2 is 1.07 bits per heavy atom. The lowest BCUT2D eigenvalue weighted by Gasteiger charge is -2.36. The van der Waals surface area contributed by atoms with E-state index in [1.807, 2.05) is 65.4 Å². The van der Waals surface area contributed by atoms with Crippen LogP contribution in [0.1, 0.15) is 33.6 Å². The zero-order chi connectivity index (χ0) is 39.0. The van der Waals surface area contributed by atoms with Crippen molar-refractivity contribution in [1.82, 2.24) is 9.80 Å². The molecular formula is C44H46ClFN4O4S2. The number of ether oxygens (including phenoxy) is 2. The first-order valence-electron chi connectivity index (χ1n) is 18.9. The minimum Gasteiger partial charge on any atom is -0.495 e. The summed E-state index contributed by atoms with van der Waals surface area (Å²) in [5.41, 5.74) is 3.71. The number of rotatable bonds is 12. The topological polar surface area (TPSA) is 65.6 Å². The van der Waals surface area contributed by atoms with Crippen molar-refractivity contribution in [3.05, 3.63) is 118 Å². The lowest BCUT2D eigenvalue weighted by molar-refractivity contribution is 0.0956. The number of fused-ring (bicyclic) bond motifs is 2. The van der Waals surface area contributed by atoms with Crippen molar-refractivity contribution < 1.29 is 23.5 Å². The van der Waals surface area contributed by atoms with Gasteiger partial charge in [0.2, 0.25) is 0 Å². The third-order valence-corrected chi connectivity index (χ3v) is 12.7. The van der Waals surface area contributed by atoms with Crippen molar-refractivity contribution in [1.29, 1.82) is 0 Å². The predicted molar refractivity (Wildman–Crippen MR) is 230 cm³/mol. The molecule has 8 nitrogen and oxygen atoms in total. The van der Waals surface area contributed by atoms with Gasteiger partial charge in [0.1, 0.15) is 17.3 Å². The molecule has 2 saturated heterocycles. The van der Waals surface area contributed by atoms with Gasteiger partial charge in [0.05, 0.1) is 25.6 Å². The van der Waals surface area contributed by atoms with Gasteiger partial charge in [-0.3, -0.25) is 19.4 Å². The van der Waals surface area contributed by atoms with E-state index in [0.29, 0.717) is 23.4 Å². The number of piperazine rings is 2. The van der Waals surface area contributed by atoms with Gasteiger partial charge in [0, 0.05) is 125 Å². The Morgan fingerprint density at radius 3 is 1.55 bits per heavy atom. The van der Waals surface area contributed by atoms with E-state index in [4.69, 9.17) is 21.1 Å². The monoisotopic (exact) mass is 812 g/mol. The van der Waals surface area contributed by atoms with Gasteiger partial charge in [-0.15, -0.1) is 22.7 Å². The van der Waals surface area contributed by atoms with Crippen molar-refractivity contribution in [3.8, 4) is 11.5 Å². The Bertz CT molecular complexity index is 2120. The van der Waals surface area contributed by atoms with E-state index in [2.05, 4.69) is 31.7 Å². The molecule has 0 atom stereocenters. The molecule has 2 aliphatic heterocycles. The summed E-state index contributed by atoms with van der Waals surface area (Å²) >= 11 is 9.20. The number of methoxy groups -OCH3 is 2. The summed E-state index contributed by atoms with van der Waals surface area (Å²) < 4.78 is 26.5. The molecule has 0 bridgehead atoms. The quantitative estimate of drug-likeness (QED) is 0.113. The maximum absolute atomic E-state index is 13.5. The van der Waals surface area contributed by atoms with E-state index >= 15 is 0 Å². The molecule has 292 valence electrons. The summed E-state index contributed by atoms with van der Waals surface area (Å²) in [5.74, 6) is 1.79. The fourth-order valence-electron chi connectivity index (χ4n) is 7.43. The first-order valence-corrected chi connectivity index (χ1v) is 21.1. The van der Waals surface area contributed by atoms with Crippen LogP contribution < -0.4 is 19.3 Å². The second kappa shape index (κ2) is 18.6. The normalized spacial score (nSPS) is 15.1. The fourth-order valence-corrected chi connectivity index (χ4v) is 9.49. The van der Waals surface area contributed by atoms with Crippen LogP contribution in [0.3, 0.4) is 0 Å². The molecule has 0 spiro atoms. The number of ketones is 2. The lowest BCUT2D eigenvalue weighted by Crippen LogP contribution is -2.47. The number of hydrogen-bond acceptors (Lipinski definition) is 10. The molecule has 0 aliphatic carbocycles. The Morgan fingerprint density at radius 1 is 0.625 bits per heavy atom. The zero-order valence-electron chi connectivity index (χ0n) is 31.7. The van der Waals surface area contributed by atoms with Crippen LogP contribution in [0.2, 0.25) is 5.02 Å². The second-order valence-electron chi connectivity index (χ2n) is 13.9. The highest BCUT2D eigenvalue weighted by atomic mass is 35.5. The number of benzene rings is 4. The Labute approximate surface area is 340 Å². The molecule has 56 heavy (non-hydrogen) atoms. The molecule has 6 aromatic rings. The highest BCUT2D eigenvalue weighted by Gasteiger charge is 2.23. The highest BCUT2D eigenvalue weighted by Crippen LogP contribution is 2.32. The Balaban J connectivity index is 0.000000172. The summed E-state index contributed by atoms with van der Waals surface area (Å²) in [7, 11) is 3.41. The Kier molecular flexibility index (Phi) is 13.2. The average molecular weight is 813 g/mol. The number of halogens is 2. The molecule has 2 fully saturated rings. The third kappa shape index (κ3) is 9.36. The van der Waals surface area contributed by atoms with Gasteiger partial charge in [0.25, 0.3) is 0 Å². The molecule has 0 unspecified atom stereocenters. The highest BCUT2D eigenvalue weighted by molar-refractivity contribution is 7.18. The summed E-state index contributed by atoms with van der Waals surface area (Å²) in [4.78, 5) is 34.8. The van der Waals surface area contributed by atoms with Crippen molar-refractivity contribution in [3.63, 3.8) is 0 Å². The van der Waals surface area contributed by atoms with Crippen LogP contribution in [0, 0.1) is 5.82 Å². The number of thiophene rings is 2. The second-order valence-corrected chi connectivity index (χ2v) is 16.2. The molecule has 0 amide bonds. The van der Waals surface area contributed by atoms with Gasteiger partial charge in [0.15, 0.2) is 11.6 Å². The molecule has 0 saturated carbocycles. The van der Waals surface area contributed by atoms with Crippen molar-refractivity contribution >= 4 is 77.4 Å². The van der Waals surface area contributed by atoms with Crippen LogP contribution in [0.15, 0.2) is 95.7 Å². The molecule has 4 heterocycles. The zero-order valence-corrected chi connectivity index (χ0v) is 34.1. The van der Waals surface area contributed by atoms with Gasteiger partial charge < -0.3 is 19.3 Å². The fraction of sp³-hybridized carbons (Fsp3) is 0.318. The number of para-hydroxylation sites is 4. The number of anilines is 2. The molecule has 4 aromatic carbocycles. The van der Waals surface area contributed by atoms with Crippen molar-refractivity contribution in [2.24, 2.45) is 0 Å². The lowest BCUT2D eigenvalue weighted by atomic mass is 10.1. The van der Waals surface area contributed by atoms with Crippen LogP contribution in [0.4, 0.5) is 15.8 Å². The number of carbonyl (C=O) groups excluding carboxylic acids is 2. The average Bonchev–Trinajstić information content (AvgIpc) is 3.86. The largest absolute Gasteiger partial charge is 0.495 e. The predicted octanol–water partition coefficient (Wildman–Crippen LogP) is 9.40. The summed E-state index contributed by atoms with van der Waals surface area (Å²) in [5, 5.41) is 6.20. The van der Waals surface area contributed by atoms with Gasteiger partial charge in [-0.25, -0.2) is 4.39 Å². The number of carbonyl (C=O) groups is 2. The van der Waals surface area contributed by atoms with Crippen LogP contribution in [-0.2, 0) is 0 Å². The van der Waals surface area contributed by atoms with E-state index in [1.165, 1.54) is 23.5 Å². The van der Waals surface area contributed by atoms with E-state index in [9.17, 15) is 14.0 Å². The van der Waals surface area contributed by atoms with Crippen molar-refractivity contribution in [2.45, 2.75) is 12.8 Å². The molecule has 8 rings (SSSR count). The van der Waals surface area contributed by atoms with Gasteiger partial charge >= 0.3 is 0 Å². The SMILES string of the molecule is COc1ccccc1N1CCN(CCC(=O)c2csc3ccc(Cl)cc23)CC1.COc1ccccc1N1CCN(CCC(=O)c2csc3ccc(F)cc23)CC1. The van der Waals surface area contributed by atoms with Gasteiger partial charge in [-0.1, -0.05) is 35.9 Å². The molecular weight excluding hydrogens is 767 g/mol. The van der Waals surface area contributed by atoms with Crippen LogP contribution >= 0.6 is 34.3 Å². The summed E-state index contributed by atoms with van der Waals surface area (Å²) in [6, 6.07) is 26.6. The maximum Gasteiger partial charge on any atom is 0.165 e. The first-order chi connectivity index (χ1) is 27.3.